The molecule has 7 heteroatoms. The number of carbonyl (C=O) groups excluding carboxylic acids is 1. The molecule has 3 aromatic carbocycles. The Balaban J connectivity index is 1.64. The summed E-state index contributed by atoms with van der Waals surface area (Å²) in [7, 11) is 0. The maximum Gasteiger partial charge on any atom is 0.231 e. The molecule has 1 atom stereocenters. The summed E-state index contributed by atoms with van der Waals surface area (Å²) in [5.74, 6) is 0.696. The number of allylic oxidation sites excluding steroid dienone is 2. The van der Waals surface area contributed by atoms with Gasteiger partial charge in [0.15, 0.2) is 17.3 Å². The summed E-state index contributed by atoms with van der Waals surface area (Å²) in [6.45, 7) is 0.133. The molecule has 3 aromatic rings. The van der Waals surface area contributed by atoms with Crippen molar-refractivity contribution in [1.29, 1.82) is 5.41 Å². The van der Waals surface area contributed by atoms with E-state index in [9.17, 15) is 15.3 Å². The topological polar surface area (TPSA) is 82.9 Å². The molecule has 0 bridgehead atoms. The van der Waals surface area contributed by atoms with Crippen LogP contribution in [0.3, 0.4) is 0 Å². The molecule has 0 spiro atoms. The summed E-state index contributed by atoms with van der Waals surface area (Å²) in [5.41, 5.74) is 3.80. The van der Waals surface area contributed by atoms with Crippen molar-refractivity contribution in [2.45, 2.75) is 25.2 Å². The summed E-state index contributed by atoms with van der Waals surface area (Å²) in [6, 6.07) is 21.9. The third kappa shape index (κ3) is 3.65. The number of benzene rings is 3. The molecule has 0 radical (unpaired) electrons. The molecule has 1 unspecified atom stereocenters. The number of nitrogens with one attached hydrogen (secondary N) is 1. The van der Waals surface area contributed by atoms with Crippen molar-refractivity contribution >= 4 is 34.7 Å². The van der Waals surface area contributed by atoms with E-state index in [2.05, 4.69) is 0 Å². The first-order chi connectivity index (χ1) is 17.5. The zero-order valence-electron chi connectivity index (χ0n) is 19.3. The van der Waals surface area contributed by atoms with Crippen LogP contribution in [0.5, 0.6) is 11.5 Å². The number of rotatable bonds is 3. The van der Waals surface area contributed by atoms with Gasteiger partial charge in [-0.2, -0.15) is 0 Å². The fourth-order valence-electron chi connectivity index (χ4n) is 5.24. The van der Waals surface area contributed by atoms with Crippen molar-refractivity contribution in [2.75, 3.05) is 11.7 Å². The van der Waals surface area contributed by atoms with Gasteiger partial charge in [-0.25, -0.2) is 0 Å². The van der Waals surface area contributed by atoms with Gasteiger partial charge in [0.05, 0.1) is 0 Å². The Kier molecular flexibility index (Phi) is 5.53. The van der Waals surface area contributed by atoms with Gasteiger partial charge in [0.25, 0.3) is 0 Å². The van der Waals surface area contributed by atoms with Crippen molar-refractivity contribution in [3.8, 4) is 11.5 Å². The Morgan fingerprint density at radius 3 is 2.50 bits per heavy atom. The monoisotopic (exact) mass is 498 g/mol. The number of halogens is 1. The lowest BCUT2D eigenvalue weighted by atomic mass is 9.73. The fraction of sp³-hybridized carbons (Fsp3) is 0.172. The fourth-order valence-corrected chi connectivity index (χ4v) is 5.37. The number of hydrogen-bond donors (Lipinski definition) is 2. The molecule has 0 aromatic heterocycles. The minimum Gasteiger partial charge on any atom is -0.507 e. The van der Waals surface area contributed by atoms with Crippen molar-refractivity contribution in [1.82, 2.24) is 0 Å². The number of carbonyl (C=O) groups is 1. The van der Waals surface area contributed by atoms with E-state index < -0.39 is 5.92 Å². The number of ether oxygens (including phenoxy) is 2. The van der Waals surface area contributed by atoms with Crippen LogP contribution in [-0.4, -0.2) is 23.5 Å². The van der Waals surface area contributed by atoms with E-state index in [0.717, 1.165) is 11.3 Å². The van der Waals surface area contributed by atoms with Crippen LogP contribution in [0.2, 0.25) is 5.02 Å². The maximum atomic E-state index is 13.6. The molecule has 6 rings (SSSR count). The van der Waals surface area contributed by atoms with Crippen LogP contribution in [0.1, 0.15) is 36.3 Å². The van der Waals surface area contributed by atoms with Gasteiger partial charge in [-0.15, -0.1) is 0 Å². The van der Waals surface area contributed by atoms with E-state index in [-0.39, 0.29) is 24.2 Å². The summed E-state index contributed by atoms with van der Waals surface area (Å²) in [4.78, 5) is 15.3. The molecule has 180 valence electrons. The second kappa shape index (κ2) is 8.88. The highest BCUT2D eigenvalue weighted by molar-refractivity contribution is 6.30. The summed E-state index contributed by atoms with van der Waals surface area (Å²) < 4.78 is 11.1. The number of amidine groups is 1. The second-order valence-corrected chi connectivity index (χ2v) is 9.41. The predicted octanol–water partition coefficient (Wildman–Crippen LogP) is 6.63. The lowest BCUT2D eigenvalue weighted by molar-refractivity contribution is -0.116. The smallest absolute Gasteiger partial charge is 0.231 e. The first-order valence-corrected chi connectivity index (χ1v) is 12.2. The van der Waals surface area contributed by atoms with Crippen molar-refractivity contribution in [3.05, 3.63) is 106 Å². The largest absolute Gasteiger partial charge is 0.507 e. The van der Waals surface area contributed by atoms with Crippen LogP contribution in [0, 0.1) is 5.41 Å². The Morgan fingerprint density at radius 1 is 0.972 bits per heavy atom. The maximum absolute atomic E-state index is 13.6. The van der Waals surface area contributed by atoms with Crippen molar-refractivity contribution in [3.63, 3.8) is 0 Å². The number of fused-ring (bicyclic) bond motifs is 1. The Hall–Kier alpha value is -4.03. The van der Waals surface area contributed by atoms with Gasteiger partial charge in [0.1, 0.15) is 11.6 Å². The third-order valence-corrected chi connectivity index (χ3v) is 7.12. The van der Waals surface area contributed by atoms with E-state index in [4.69, 9.17) is 21.1 Å². The number of nitrogens with zero attached hydrogens (tertiary/aromatic N) is 1. The van der Waals surface area contributed by atoms with Gasteiger partial charge in [0.2, 0.25) is 6.79 Å². The van der Waals surface area contributed by atoms with Gasteiger partial charge in [-0.1, -0.05) is 48.0 Å². The van der Waals surface area contributed by atoms with Crippen LogP contribution in [0.15, 0.2) is 89.6 Å². The van der Waals surface area contributed by atoms with E-state index in [1.807, 2.05) is 48.5 Å². The molecule has 2 heterocycles. The van der Waals surface area contributed by atoms with Crippen molar-refractivity contribution < 1.29 is 19.4 Å². The van der Waals surface area contributed by atoms with Crippen LogP contribution in [0.25, 0.3) is 5.76 Å². The van der Waals surface area contributed by atoms with Crippen LogP contribution < -0.4 is 14.4 Å². The lowest BCUT2D eigenvalue weighted by Crippen LogP contribution is -2.42. The molecule has 0 fully saturated rings. The number of aliphatic hydroxyl groups is 1. The standard InChI is InChI=1S/C29H23ClN2O4/c30-19-10-12-20(13-11-19)32-21-7-4-8-22(33)26(21)25(18-9-14-23-24(15-18)36-16-35-23)27(29(32)31)28(34)17-5-2-1-3-6-17/h1-3,5-6,9-15,25,31,34H,4,7-8,16H2. The molecule has 1 aliphatic carbocycles. The molecule has 2 aliphatic heterocycles. The highest BCUT2D eigenvalue weighted by atomic mass is 35.5. The predicted molar refractivity (Wildman–Crippen MR) is 139 cm³/mol. The number of hydrogen-bond acceptors (Lipinski definition) is 5. The highest BCUT2D eigenvalue weighted by Gasteiger charge is 2.43. The van der Waals surface area contributed by atoms with E-state index in [0.29, 0.717) is 58.2 Å². The summed E-state index contributed by atoms with van der Waals surface area (Å²) >= 11 is 6.15. The lowest BCUT2D eigenvalue weighted by Gasteiger charge is -2.41. The Morgan fingerprint density at radius 2 is 1.72 bits per heavy atom. The second-order valence-electron chi connectivity index (χ2n) is 8.97. The summed E-state index contributed by atoms with van der Waals surface area (Å²) in [6.07, 6.45) is 1.76. The van der Waals surface area contributed by atoms with Crippen molar-refractivity contribution in [2.24, 2.45) is 0 Å². The zero-order valence-corrected chi connectivity index (χ0v) is 20.1. The first kappa shape index (κ1) is 22.4. The van der Waals surface area contributed by atoms with E-state index >= 15 is 0 Å². The average Bonchev–Trinajstić information content (AvgIpc) is 3.37. The molecule has 6 nitrogen and oxygen atoms in total. The zero-order chi connectivity index (χ0) is 24.8. The minimum atomic E-state index is -0.626. The number of anilines is 1. The molecular formula is C29H23ClN2O4. The number of Topliss-reactive ketones (excluding diaryl/α,β-unsaturated/α-hetero) is 1. The molecule has 3 aliphatic rings. The normalized spacial score (nSPS) is 20.5. The van der Waals surface area contributed by atoms with Gasteiger partial charge in [0, 0.05) is 45.5 Å². The Bertz CT molecular complexity index is 1440. The van der Waals surface area contributed by atoms with E-state index in [1.165, 1.54) is 0 Å². The van der Waals surface area contributed by atoms with Crippen LogP contribution in [0.4, 0.5) is 5.69 Å². The number of aliphatic hydroxyl groups excluding tert-OH is 1. The molecule has 0 saturated carbocycles. The molecule has 2 N–H and O–H groups in total. The minimum absolute atomic E-state index is 0.0174. The quantitative estimate of drug-likeness (QED) is 0.396. The van der Waals surface area contributed by atoms with Crippen LogP contribution in [-0.2, 0) is 4.79 Å². The van der Waals surface area contributed by atoms with Gasteiger partial charge < -0.3 is 14.6 Å². The van der Waals surface area contributed by atoms with E-state index in [1.54, 1.807) is 29.2 Å². The SMILES string of the molecule is N=C1C(=C(O)c2ccccc2)C(c2ccc3c(c2)OCO3)C2=C(CCCC2=O)N1c1ccc(Cl)cc1. The average molecular weight is 499 g/mol. The Labute approximate surface area is 213 Å². The molecular weight excluding hydrogens is 476 g/mol. The van der Waals surface area contributed by atoms with Gasteiger partial charge >= 0.3 is 0 Å². The molecule has 0 saturated heterocycles. The van der Waals surface area contributed by atoms with Gasteiger partial charge in [-0.05, 0) is 54.8 Å². The summed E-state index contributed by atoms with van der Waals surface area (Å²) in [5, 5.41) is 21.6. The third-order valence-electron chi connectivity index (χ3n) is 6.87. The first-order valence-electron chi connectivity index (χ1n) is 11.8. The molecule has 36 heavy (non-hydrogen) atoms. The van der Waals surface area contributed by atoms with Crippen LogP contribution >= 0.6 is 11.6 Å². The van der Waals surface area contributed by atoms with Gasteiger partial charge in [-0.3, -0.25) is 15.1 Å². The highest BCUT2D eigenvalue weighted by Crippen LogP contribution is 2.49. The number of ketones is 1. The molecule has 0 amide bonds.